The van der Waals surface area contributed by atoms with E-state index in [4.69, 9.17) is 11.6 Å². The fraction of sp³-hybridized carbons (Fsp3) is 0.278. The van der Waals surface area contributed by atoms with E-state index in [0.29, 0.717) is 0 Å². The minimum Gasteiger partial charge on any atom is -0.507 e. The zero-order valence-corrected chi connectivity index (χ0v) is 14.8. The molecule has 0 spiro atoms. The van der Waals surface area contributed by atoms with E-state index in [9.17, 15) is 23.1 Å². The maximum Gasteiger partial charge on any atom is 0.416 e. The Morgan fingerprint density at radius 3 is 2.48 bits per heavy atom. The number of phenols is 1. The van der Waals surface area contributed by atoms with Gasteiger partial charge in [0.2, 0.25) is 0 Å². The second kappa shape index (κ2) is 8.76. The molecule has 7 heteroatoms. The maximum absolute atomic E-state index is 13.1. The van der Waals surface area contributed by atoms with E-state index in [1.807, 2.05) is 0 Å². The molecule has 2 N–H and O–H groups in total. The Bertz CT molecular complexity index is 734. The van der Waals surface area contributed by atoms with E-state index in [0.717, 1.165) is 6.08 Å². The summed E-state index contributed by atoms with van der Waals surface area (Å²) in [6.07, 6.45) is -0.684. The van der Waals surface area contributed by atoms with Crippen molar-refractivity contribution in [2.75, 3.05) is 0 Å². The van der Waals surface area contributed by atoms with Gasteiger partial charge in [0.1, 0.15) is 5.75 Å². The molecule has 1 rings (SSSR count). The van der Waals surface area contributed by atoms with Crippen LogP contribution >= 0.6 is 11.6 Å². The molecule has 0 fully saturated rings. The Kier molecular flexibility index (Phi) is 7.30. The van der Waals surface area contributed by atoms with Crippen LogP contribution in [0.3, 0.4) is 0 Å². The van der Waals surface area contributed by atoms with Gasteiger partial charge in [0.25, 0.3) is 5.91 Å². The minimum atomic E-state index is -4.48. The molecule has 0 saturated carbocycles. The quantitative estimate of drug-likeness (QED) is 0.667. The Labute approximate surface area is 149 Å². The van der Waals surface area contributed by atoms with Gasteiger partial charge in [0.15, 0.2) is 0 Å². The molecule has 25 heavy (non-hydrogen) atoms. The van der Waals surface area contributed by atoms with E-state index < -0.39 is 17.7 Å². The Morgan fingerprint density at radius 1 is 1.32 bits per heavy atom. The zero-order chi connectivity index (χ0) is 19.2. The van der Waals surface area contributed by atoms with Crippen molar-refractivity contribution in [3.05, 3.63) is 63.9 Å². The molecule has 0 saturated heterocycles. The van der Waals surface area contributed by atoms with Crippen LogP contribution in [0.2, 0.25) is 5.02 Å². The first-order valence-corrected chi connectivity index (χ1v) is 7.89. The molecule has 0 atom stereocenters. The average molecular weight is 374 g/mol. The van der Waals surface area contributed by atoms with Crippen LogP contribution in [0.4, 0.5) is 13.2 Å². The van der Waals surface area contributed by atoms with Gasteiger partial charge in [-0.25, -0.2) is 0 Å². The first-order valence-electron chi connectivity index (χ1n) is 7.51. The second-order valence-corrected chi connectivity index (χ2v) is 5.67. The third kappa shape index (κ3) is 5.98. The van der Waals surface area contributed by atoms with Crippen molar-refractivity contribution in [2.45, 2.75) is 33.4 Å². The molecular weight excluding hydrogens is 355 g/mol. The van der Waals surface area contributed by atoms with Crippen molar-refractivity contribution in [1.82, 2.24) is 5.32 Å². The topological polar surface area (TPSA) is 49.3 Å². The molecule has 0 aliphatic carbocycles. The van der Waals surface area contributed by atoms with Crippen molar-refractivity contribution < 1.29 is 23.1 Å². The van der Waals surface area contributed by atoms with Crippen molar-refractivity contribution in [3.63, 3.8) is 0 Å². The lowest BCUT2D eigenvalue weighted by Gasteiger charge is -2.12. The number of alkyl halides is 3. The number of hydrogen-bond donors (Lipinski definition) is 2. The van der Waals surface area contributed by atoms with Gasteiger partial charge in [0.05, 0.1) is 11.1 Å². The second-order valence-electron chi connectivity index (χ2n) is 5.24. The smallest absolute Gasteiger partial charge is 0.416 e. The highest BCUT2D eigenvalue weighted by Gasteiger charge is 2.33. The minimum absolute atomic E-state index is 0.0726. The van der Waals surface area contributed by atoms with E-state index in [1.54, 1.807) is 13.8 Å². The number of carbonyl (C=O) groups excluding carboxylic acids is 1. The summed E-state index contributed by atoms with van der Waals surface area (Å²) in [6, 6.07) is 3.95. The highest BCUT2D eigenvalue weighted by Crippen LogP contribution is 2.30. The van der Waals surface area contributed by atoms with Crippen LogP contribution < -0.4 is 5.32 Å². The van der Waals surface area contributed by atoms with Crippen molar-refractivity contribution in [1.29, 1.82) is 0 Å². The summed E-state index contributed by atoms with van der Waals surface area (Å²) in [5.41, 5.74) is -0.473. The molecule has 0 aliphatic heterocycles. The van der Waals surface area contributed by atoms with Gasteiger partial charge in [-0.3, -0.25) is 4.79 Å². The summed E-state index contributed by atoms with van der Waals surface area (Å²) >= 11 is 5.78. The lowest BCUT2D eigenvalue weighted by Crippen LogP contribution is -2.22. The highest BCUT2D eigenvalue weighted by molar-refractivity contribution is 6.31. The third-order valence-electron chi connectivity index (χ3n) is 3.50. The number of amides is 1. The number of rotatable bonds is 5. The number of halogens is 4. The standard InChI is InChI=1S/C18H19ClF3NO2/c1-4-11(3)15(18(20,21)22)8-7-13(5-2)23-17(25)14-10-12(19)6-9-16(14)24/h5-10,24H,4H2,1-3H3,(H,23,25)/b8-7-,13-5+,15-11-. The molecule has 1 amide bonds. The predicted octanol–water partition coefficient (Wildman–Crippen LogP) is 5.52. The molecule has 0 unspecified atom stereocenters. The van der Waals surface area contributed by atoms with E-state index in [2.05, 4.69) is 5.32 Å². The first kappa shape index (κ1) is 20.8. The van der Waals surface area contributed by atoms with Crippen LogP contribution in [0, 0.1) is 0 Å². The molecular formula is C18H19ClF3NO2. The summed E-state index contributed by atoms with van der Waals surface area (Å²) < 4.78 is 39.2. The number of benzene rings is 1. The molecule has 0 radical (unpaired) electrons. The van der Waals surface area contributed by atoms with Gasteiger partial charge in [-0.1, -0.05) is 30.2 Å². The summed E-state index contributed by atoms with van der Waals surface area (Å²) in [6.45, 7) is 4.61. The normalized spacial score (nSPS) is 13.8. The molecule has 0 heterocycles. The van der Waals surface area contributed by atoms with E-state index in [-0.39, 0.29) is 34.0 Å². The van der Waals surface area contributed by atoms with Gasteiger partial charge in [-0.15, -0.1) is 0 Å². The highest BCUT2D eigenvalue weighted by atomic mass is 35.5. The van der Waals surface area contributed by atoms with Gasteiger partial charge < -0.3 is 10.4 Å². The number of allylic oxidation sites excluding steroid dienone is 5. The van der Waals surface area contributed by atoms with E-state index in [1.165, 1.54) is 37.3 Å². The largest absolute Gasteiger partial charge is 0.507 e. The monoisotopic (exact) mass is 373 g/mol. The molecule has 3 nitrogen and oxygen atoms in total. The molecule has 1 aromatic rings. The number of aromatic hydroxyl groups is 1. The molecule has 0 aromatic heterocycles. The third-order valence-corrected chi connectivity index (χ3v) is 3.73. The average Bonchev–Trinajstić information content (AvgIpc) is 2.54. The fourth-order valence-electron chi connectivity index (χ4n) is 1.94. The molecule has 0 aliphatic rings. The summed E-state index contributed by atoms with van der Waals surface area (Å²) in [5, 5.41) is 12.4. The Morgan fingerprint density at radius 2 is 1.96 bits per heavy atom. The Hall–Kier alpha value is -2.21. The number of hydrogen-bond acceptors (Lipinski definition) is 2. The van der Waals surface area contributed by atoms with Crippen LogP contribution in [0.25, 0.3) is 0 Å². The number of phenolic OH excluding ortho intramolecular Hbond substituents is 1. The lowest BCUT2D eigenvalue weighted by molar-refractivity contribution is -0.0890. The number of carbonyl (C=O) groups is 1. The van der Waals surface area contributed by atoms with Crippen molar-refractivity contribution in [3.8, 4) is 5.75 Å². The van der Waals surface area contributed by atoms with Crippen LogP contribution in [-0.4, -0.2) is 17.2 Å². The lowest BCUT2D eigenvalue weighted by atomic mass is 10.1. The SMILES string of the molecule is C\C=C(/C=C\C(=C(/C)CC)C(F)(F)F)NC(=O)c1cc(Cl)ccc1O. The maximum atomic E-state index is 13.1. The van der Waals surface area contributed by atoms with Gasteiger partial charge in [0, 0.05) is 10.7 Å². The number of nitrogens with one attached hydrogen (secondary N) is 1. The Balaban J connectivity index is 3.04. The van der Waals surface area contributed by atoms with Crippen molar-refractivity contribution in [2.24, 2.45) is 0 Å². The summed E-state index contributed by atoms with van der Waals surface area (Å²) in [4.78, 5) is 12.2. The fourth-order valence-corrected chi connectivity index (χ4v) is 2.11. The first-order chi connectivity index (χ1) is 11.6. The molecule has 0 bridgehead atoms. The predicted molar refractivity (Wildman–Crippen MR) is 92.5 cm³/mol. The zero-order valence-electron chi connectivity index (χ0n) is 14.0. The van der Waals surface area contributed by atoms with Crippen LogP contribution in [0.5, 0.6) is 5.75 Å². The van der Waals surface area contributed by atoms with Gasteiger partial charge in [-0.05, 0) is 50.6 Å². The van der Waals surface area contributed by atoms with Crippen molar-refractivity contribution >= 4 is 17.5 Å². The summed E-state index contributed by atoms with van der Waals surface area (Å²) in [7, 11) is 0. The summed E-state index contributed by atoms with van der Waals surface area (Å²) in [5.74, 6) is -0.957. The molecule has 1 aromatic carbocycles. The van der Waals surface area contributed by atoms with Gasteiger partial charge in [-0.2, -0.15) is 13.2 Å². The van der Waals surface area contributed by atoms with Crippen LogP contribution in [0.1, 0.15) is 37.6 Å². The van der Waals surface area contributed by atoms with Crippen LogP contribution in [-0.2, 0) is 0 Å². The van der Waals surface area contributed by atoms with Crippen LogP contribution in [0.15, 0.2) is 53.3 Å². The molecule has 136 valence electrons. The van der Waals surface area contributed by atoms with Gasteiger partial charge >= 0.3 is 6.18 Å². The van der Waals surface area contributed by atoms with E-state index >= 15 is 0 Å².